The van der Waals surface area contributed by atoms with Gasteiger partial charge in [0.25, 0.3) is 0 Å². The Kier molecular flexibility index (Phi) is 5.93. The lowest BCUT2D eigenvalue weighted by Crippen LogP contribution is -2.47. The fourth-order valence-electron chi connectivity index (χ4n) is 2.15. The first kappa shape index (κ1) is 17.1. The summed E-state index contributed by atoms with van der Waals surface area (Å²) >= 11 is 3.23. The van der Waals surface area contributed by atoms with E-state index in [1.54, 1.807) is 11.8 Å². The third-order valence-corrected chi connectivity index (χ3v) is 6.79. The molecular weight excluding hydrogens is 326 g/mol. The Hall–Kier alpha value is -0.310. The van der Waals surface area contributed by atoms with E-state index in [9.17, 15) is 8.42 Å². The smallest absolute Gasteiger partial charge is 0.186 e. The highest BCUT2D eigenvalue weighted by molar-refractivity contribution is 8.01. The van der Waals surface area contributed by atoms with Crippen LogP contribution in [0.25, 0.3) is 0 Å². The second-order valence-corrected chi connectivity index (χ2v) is 9.89. The lowest BCUT2D eigenvalue weighted by molar-refractivity contribution is 0.548. The molecule has 2 heterocycles. The Morgan fingerprint density at radius 3 is 2.95 bits per heavy atom. The van der Waals surface area contributed by atoms with Crippen molar-refractivity contribution in [3.8, 4) is 0 Å². The molecule has 1 unspecified atom stereocenters. The summed E-state index contributed by atoms with van der Waals surface area (Å²) in [5.41, 5.74) is 0.987. The molecule has 1 fully saturated rings. The zero-order valence-electron chi connectivity index (χ0n) is 12.7. The van der Waals surface area contributed by atoms with Gasteiger partial charge in [-0.3, -0.25) is 0 Å². The van der Waals surface area contributed by atoms with Gasteiger partial charge in [-0.2, -0.15) is 11.8 Å². The molecule has 5 nitrogen and oxygen atoms in total. The molecule has 8 heteroatoms. The summed E-state index contributed by atoms with van der Waals surface area (Å²) in [5.74, 6) is 2.18. The minimum absolute atomic E-state index is 0.445. The van der Waals surface area contributed by atoms with Gasteiger partial charge in [-0.05, 0) is 12.5 Å². The van der Waals surface area contributed by atoms with Crippen LogP contribution in [0.4, 0.5) is 5.13 Å². The number of thioether (sulfide) groups is 1. The summed E-state index contributed by atoms with van der Waals surface area (Å²) < 4.78 is 23.9. The number of nitrogens with one attached hydrogen (secondary N) is 1. The van der Waals surface area contributed by atoms with E-state index >= 15 is 0 Å². The van der Waals surface area contributed by atoms with Gasteiger partial charge in [0.2, 0.25) is 0 Å². The molecule has 1 saturated heterocycles. The zero-order chi connectivity index (χ0) is 15.5. The number of sulfone groups is 1. The first-order valence-electron chi connectivity index (χ1n) is 7.06. The summed E-state index contributed by atoms with van der Waals surface area (Å²) in [5, 5.41) is 5.76. The summed E-state index contributed by atoms with van der Waals surface area (Å²) in [7, 11) is -3.09. The van der Waals surface area contributed by atoms with Crippen molar-refractivity contribution < 1.29 is 8.42 Å². The maximum absolute atomic E-state index is 11.9. The van der Waals surface area contributed by atoms with E-state index in [1.807, 2.05) is 10.3 Å². The van der Waals surface area contributed by atoms with Crippen LogP contribution in [0, 0.1) is 5.92 Å². The predicted octanol–water partition coefficient (Wildman–Crippen LogP) is 1.81. The van der Waals surface area contributed by atoms with Crippen LogP contribution >= 0.6 is 23.1 Å². The van der Waals surface area contributed by atoms with Crippen molar-refractivity contribution in [2.24, 2.45) is 5.92 Å². The van der Waals surface area contributed by atoms with E-state index in [-0.39, 0.29) is 0 Å². The normalized spacial score (nSPS) is 20.2. The van der Waals surface area contributed by atoms with E-state index in [1.165, 1.54) is 17.6 Å². The van der Waals surface area contributed by atoms with Crippen molar-refractivity contribution in [1.82, 2.24) is 10.3 Å². The summed E-state index contributed by atoms with van der Waals surface area (Å²) in [6, 6.07) is 0. The number of hydrogen-bond donors (Lipinski definition) is 1. The van der Waals surface area contributed by atoms with Gasteiger partial charge in [0.1, 0.15) is 5.37 Å². The van der Waals surface area contributed by atoms with Crippen LogP contribution in [0.2, 0.25) is 0 Å². The highest BCUT2D eigenvalue weighted by Gasteiger charge is 2.32. The standard InChI is InChI=1S/C13H23N3O2S3/c1-10(2)6-14-7-11-8-20-13(15-11)16-4-5-19-9-12(16)21(3,17)18/h8,10,12,14H,4-7,9H2,1-3H3. The molecule has 21 heavy (non-hydrogen) atoms. The third kappa shape index (κ3) is 4.84. The number of aromatic nitrogens is 1. The molecule has 0 spiro atoms. The Bertz CT molecular complexity index is 557. The monoisotopic (exact) mass is 349 g/mol. The maximum atomic E-state index is 11.9. The second kappa shape index (κ2) is 7.30. The lowest BCUT2D eigenvalue weighted by Gasteiger charge is -2.33. The summed E-state index contributed by atoms with van der Waals surface area (Å²) in [6.45, 7) is 6.78. The molecule has 1 aromatic rings. The average molecular weight is 350 g/mol. The molecule has 120 valence electrons. The first-order chi connectivity index (χ1) is 9.88. The van der Waals surface area contributed by atoms with E-state index in [0.717, 1.165) is 36.2 Å². The minimum Gasteiger partial charge on any atom is -0.330 e. The van der Waals surface area contributed by atoms with Gasteiger partial charge in [-0.25, -0.2) is 13.4 Å². The molecule has 0 radical (unpaired) electrons. The quantitative estimate of drug-likeness (QED) is 0.845. The fourth-order valence-corrected chi connectivity index (χ4v) is 5.94. The van der Waals surface area contributed by atoms with Crippen molar-refractivity contribution in [3.05, 3.63) is 11.1 Å². The SMILES string of the molecule is CC(C)CNCc1csc(N2CCSCC2S(C)(=O)=O)n1. The van der Waals surface area contributed by atoms with Gasteiger partial charge in [0, 0.05) is 36.2 Å². The van der Waals surface area contributed by atoms with Crippen LogP contribution < -0.4 is 10.2 Å². The first-order valence-corrected chi connectivity index (χ1v) is 11.0. The van der Waals surface area contributed by atoms with Crippen LogP contribution in [-0.2, 0) is 16.4 Å². The highest BCUT2D eigenvalue weighted by Crippen LogP contribution is 2.29. The summed E-state index contributed by atoms with van der Waals surface area (Å²) in [4.78, 5) is 6.55. The van der Waals surface area contributed by atoms with E-state index in [0.29, 0.717) is 11.7 Å². The highest BCUT2D eigenvalue weighted by atomic mass is 32.2. The second-order valence-electron chi connectivity index (χ2n) is 5.70. The molecule has 1 aromatic heterocycles. The average Bonchev–Trinajstić information content (AvgIpc) is 2.86. The summed E-state index contributed by atoms with van der Waals surface area (Å²) in [6.07, 6.45) is 1.31. The third-order valence-electron chi connectivity index (χ3n) is 3.22. The Balaban J connectivity index is 2.05. The number of thiazole rings is 1. The Labute approximate surface area is 135 Å². The van der Waals surface area contributed by atoms with E-state index in [2.05, 4.69) is 24.1 Å². The number of anilines is 1. The molecule has 0 aromatic carbocycles. The van der Waals surface area contributed by atoms with E-state index < -0.39 is 15.2 Å². The van der Waals surface area contributed by atoms with Crippen LogP contribution in [0.3, 0.4) is 0 Å². The number of hydrogen-bond acceptors (Lipinski definition) is 7. The fraction of sp³-hybridized carbons (Fsp3) is 0.769. The maximum Gasteiger partial charge on any atom is 0.186 e. The van der Waals surface area contributed by atoms with Crippen molar-refractivity contribution in [3.63, 3.8) is 0 Å². The molecule has 1 aliphatic heterocycles. The van der Waals surface area contributed by atoms with Crippen molar-refractivity contribution >= 4 is 38.1 Å². The van der Waals surface area contributed by atoms with Gasteiger partial charge in [0.15, 0.2) is 15.0 Å². The van der Waals surface area contributed by atoms with Crippen LogP contribution in [-0.4, -0.2) is 49.6 Å². The van der Waals surface area contributed by atoms with Gasteiger partial charge >= 0.3 is 0 Å². The van der Waals surface area contributed by atoms with Gasteiger partial charge in [-0.1, -0.05) is 13.8 Å². The molecule has 1 N–H and O–H groups in total. The molecular formula is C13H23N3O2S3. The predicted molar refractivity (Wildman–Crippen MR) is 92.0 cm³/mol. The zero-order valence-corrected chi connectivity index (χ0v) is 15.2. The molecule has 1 atom stereocenters. The van der Waals surface area contributed by atoms with Crippen molar-refractivity contribution in [2.75, 3.05) is 35.8 Å². The lowest BCUT2D eigenvalue weighted by atomic mass is 10.2. The molecule has 0 aliphatic carbocycles. The van der Waals surface area contributed by atoms with Gasteiger partial charge in [0.05, 0.1) is 5.69 Å². The van der Waals surface area contributed by atoms with Crippen LogP contribution in [0.1, 0.15) is 19.5 Å². The Morgan fingerprint density at radius 1 is 1.52 bits per heavy atom. The van der Waals surface area contributed by atoms with Crippen molar-refractivity contribution in [1.29, 1.82) is 0 Å². The topological polar surface area (TPSA) is 62.3 Å². The van der Waals surface area contributed by atoms with Gasteiger partial charge in [-0.15, -0.1) is 11.3 Å². The molecule has 0 saturated carbocycles. The largest absolute Gasteiger partial charge is 0.330 e. The molecule has 0 bridgehead atoms. The number of nitrogens with zero attached hydrogens (tertiary/aromatic N) is 2. The van der Waals surface area contributed by atoms with Crippen LogP contribution in [0.5, 0.6) is 0 Å². The van der Waals surface area contributed by atoms with E-state index in [4.69, 9.17) is 0 Å². The Morgan fingerprint density at radius 2 is 2.29 bits per heavy atom. The minimum atomic E-state index is -3.09. The molecule has 2 rings (SSSR count). The number of rotatable bonds is 6. The van der Waals surface area contributed by atoms with Crippen LogP contribution in [0.15, 0.2) is 5.38 Å². The van der Waals surface area contributed by atoms with Crippen molar-refractivity contribution in [2.45, 2.75) is 25.8 Å². The van der Waals surface area contributed by atoms with Gasteiger partial charge < -0.3 is 10.2 Å². The molecule has 1 aliphatic rings. The molecule has 0 amide bonds.